The lowest BCUT2D eigenvalue weighted by Crippen LogP contribution is -2.42. The molecule has 0 saturated carbocycles. The molecule has 0 bridgehead atoms. The van der Waals surface area contributed by atoms with E-state index in [1.165, 1.54) is 12.1 Å². The van der Waals surface area contributed by atoms with Crippen LogP contribution in [0.15, 0.2) is 29.3 Å². The van der Waals surface area contributed by atoms with Gasteiger partial charge in [0.05, 0.1) is 19.1 Å². The standard InChI is InChI=1S/C18H27FN4O2/c1-2-20-18(23-13-16-7-4-10-25-16)22-9-8-21-17(24)12-14-5-3-6-15(19)11-14/h3,5-6,11,16H,2,4,7-10,12-13H2,1H3,(H,21,24)(H2,20,22,23). The van der Waals surface area contributed by atoms with E-state index >= 15 is 0 Å². The molecule has 0 radical (unpaired) electrons. The molecule has 3 N–H and O–H groups in total. The van der Waals surface area contributed by atoms with Crippen LogP contribution in [0, 0.1) is 5.82 Å². The molecule has 1 atom stereocenters. The fourth-order valence-electron chi connectivity index (χ4n) is 2.60. The van der Waals surface area contributed by atoms with E-state index in [4.69, 9.17) is 4.74 Å². The van der Waals surface area contributed by atoms with Gasteiger partial charge in [-0.05, 0) is 37.5 Å². The fraction of sp³-hybridized carbons (Fsp3) is 0.556. The average molecular weight is 350 g/mol. The second kappa shape index (κ2) is 10.7. The van der Waals surface area contributed by atoms with Crippen molar-refractivity contribution in [3.05, 3.63) is 35.6 Å². The van der Waals surface area contributed by atoms with Crippen LogP contribution in [0.3, 0.4) is 0 Å². The third-order valence-electron chi connectivity index (χ3n) is 3.81. The van der Waals surface area contributed by atoms with Crippen LogP contribution < -0.4 is 16.0 Å². The Bertz CT molecular complexity index is 574. The van der Waals surface area contributed by atoms with Crippen LogP contribution in [0.4, 0.5) is 4.39 Å². The third-order valence-corrected chi connectivity index (χ3v) is 3.81. The van der Waals surface area contributed by atoms with E-state index in [-0.39, 0.29) is 24.2 Å². The quantitative estimate of drug-likeness (QED) is 0.374. The molecule has 1 saturated heterocycles. The Morgan fingerprint density at radius 2 is 2.16 bits per heavy atom. The van der Waals surface area contributed by atoms with Crippen molar-refractivity contribution in [3.63, 3.8) is 0 Å². The minimum atomic E-state index is -0.329. The van der Waals surface area contributed by atoms with Crippen molar-refractivity contribution in [2.75, 3.05) is 32.8 Å². The molecule has 1 aliphatic rings. The van der Waals surface area contributed by atoms with Crippen molar-refractivity contribution in [2.45, 2.75) is 32.3 Å². The molecule has 138 valence electrons. The maximum atomic E-state index is 13.1. The smallest absolute Gasteiger partial charge is 0.224 e. The maximum absolute atomic E-state index is 13.1. The van der Waals surface area contributed by atoms with Gasteiger partial charge in [0.25, 0.3) is 0 Å². The van der Waals surface area contributed by atoms with Gasteiger partial charge in [0.1, 0.15) is 5.82 Å². The summed E-state index contributed by atoms with van der Waals surface area (Å²) in [5.41, 5.74) is 0.664. The van der Waals surface area contributed by atoms with Crippen molar-refractivity contribution in [1.29, 1.82) is 0 Å². The lowest BCUT2D eigenvalue weighted by Gasteiger charge is -2.13. The minimum absolute atomic E-state index is 0.131. The second-order valence-corrected chi connectivity index (χ2v) is 5.94. The molecule has 2 rings (SSSR count). The zero-order valence-electron chi connectivity index (χ0n) is 14.7. The first-order chi connectivity index (χ1) is 12.2. The highest BCUT2D eigenvalue weighted by molar-refractivity contribution is 5.80. The van der Waals surface area contributed by atoms with Crippen LogP contribution in [0.25, 0.3) is 0 Å². The van der Waals surface area contributed by atoms with E-state index < -0.39 is 0 Å². The molecule has 6 nitrogen and oxygen atoms in total. The number of guanidine groups is 1. The van der Waals surface area contributed by atoms with Crippen molar-refractivity contribution >= 4 is 11.9 Å². The number of hydrogen-bond donors (Lipinski definition) is 3. The van der Waals surface area contributed by atoms with Gasteiger partial charge in [-0.3, -0.25) is 9.79 Å². The molecule has 0 aromatic heterocycles. The molecule has 0 spiro atoms. The van der Waals surface area contributed by atoms with E-state index in [1.807, 2.05) is 6.92 Å². The third kappa shape index (κ3) is 7.51. The lowest BCUT2D eigenvalue weighted by atomic mass is 10.1. The van der Waals surface area contributed by atoms with Gasteiger partial charge < -0.3 is 20.7 Å². The predicted molar refractivity (Wildman–Crippen MR) is 96.1 cm³/mol. The zero-order valence-corrected chi connectivity index (χ0v) is 14.7. The molecule has 1 fully saturated rings. The van der Waals surface area contributed by atoms with Gasteiger partial charge in [0.2, 0.25) is 5.91 Å². The second-order valence-electron chi connectivity index (χ2n) is 5.94. The first-order valence-corrected chi connectivity index (χ1v) is 8.82. The molecule has 25 heavy (non-hydrogen) atoms. The number of carbonyl (C=O) groups excluding carboxylic acids is 1. The van der Waals surface area contributed by atoms with E-state index in [0.717, 1.165) is 32.0 Å². The number of amides is 1. The van der Waals surface area contributed by atoms with Gasteiger partial charge in [-0.2, -0.15) is 0 Å². The molecule has 1 unspecified atom stereocenters. The van der Waals surface area contributed by atoms with Crippen LogP contribution in [0.5, 0.6) is 0 Å². The highest BCUT2D eigenvalue weighted by atomic mass is 19.1. The summed E-state index contributed by atoms with van der Waals surface area (Å²) in [5.74, 6) is 0.260. The van der Waals surface area contributed by atoms with Crippen molar-refractivity contribution in [3.8, 4) is 0 Å². The van der Waals surface area contributed by atoms with Crippen LogP contribution >= 0.6 is 0 Å². The number of aliphatic imine (C=N–C) groups is 1. The molecule has 1 aliphatic heterocycles. The molecular weight excluding hydrogens is 323 g/mol. The SMILES string of the molecule is CCNC(=NCC1CCCO1)NCCNC(=O)Cc1cccc(F)c1. The van der Waals surface area contributed by atoms with Gasteiger partial charge in [-0.15, -0.1) is 0 Å². The predicted octanol–water partition coefficient (Wildman–Crippen LogP) is 1.22. The Hall–Kier alpha value is -2.15. The topological polar surface area (TPSA) is 74.8 Å². The molecule has 1 aromatic rings. The number of nitrogens with one attached hydrogen (secondary N) is 3. The summed E-state index contributed by atoms with van der Waals surface area (Å²) in [6, 6.07) is 6.08. The molecule has 1 heterocycles. The molecule has 1 amide bonds. The Morgan fingerprint density at radius 1 is 1.32 bits per heavy atom. The monoisotopic (exact) mass is 350 g/mol. The van der Waals surface area contributed by atoms with Crippen molar-refractivity contribution in [2.24, 2.45) is 4.99 Å². The number of carbonyl (C=O) groups is 1. The van der Waals surface area contributed by atoms with Gasteiger partial charge in [0, 0.05) is 26.2 Å². The van der Waals surface area contributed by atoms with Crippen LogP contribution in [-0.2, 0) is 16.0 Å². The maximum Gasteiger partial charge on any atom is 0.224 e. The number of halogens is 1. The van der Waals surface area contributed by atoms with Crippen LogP contribution in [0.2, 0.25) is 0 Å². The van der Waals surface area contributed by atoms with E-state index in [0.29, 0.717) is 25.2 Å². The number of hydrogen-bond acceptors (Lipinski definition) is 3. The van der Waals surface area contributed by atoms with Gasteiger partial charge >= 0.3 is 0 Å². The van der Waals surface area contributed by atoms with E-state index in [2.05, 4.69) is 20.9 Å². The van der Waals surface area contributed by atoms with Gasteiger partial charge in [0.15, 0.2) is 5.96 Å². The van der Waals surface area contributed by atoms with Crippen molar-refractivity contribution < 1.29 is 13.9 Å². The van der Waals surface area contributed by atoms with Gasteiger partial charge in [-0.1, -0.05) is 12.1 Å². The first-order valence-electron chi connectivity index (χ1n) is 8.82. The molecule has 0 aliphatic carbocycles. The summed E-state index contributed by atoms with van der Waals surface area (Å²) in [6.07, 6.45) is 2.53. The summed E-state index contributed by atoms with van der Waals surface area (Å²) >= 11 is 0. The van der Waals surface area contributed by atoms with Gasteiger partial charge in [-0.25, -0.2) is 4.39 Å². The first kappa shape index (κ1) is 19.2. The zero-order chi connectivity index (χ0) is 17.9. The number of benzene rings is 1. The largest absolute Gasteiger partial charge is 0.376 e. The summed E-state index contributed by atoms with van der Waals surface area (Å²) in [7, 11) is 0. The summed E-state index contributed by atoms with van der Waals surface area (Å²) in [6.45, 7) is 5.26. The molecule has 1 aromatic carbocycles. The summed E-state index contributed by atoms with van der Waals surface area (Å²) < 4.78 is 18.7. The van der Waals surface area contributed by atoms with Crippen LogP contribution in [-0.4, -0.2) is 50.8 Å². The Balaban J connectivity index is 1.66. The highest BCUT2D eigenvalue weighted by Crippen LogP contribution is 2.11. The summed E-state index contributed by atoms with van der Waals surface area (Å²) in [4.78, 5) is 16.4. The number of rotatable bonds is 8. The highest BCUT2D eigenvalue weighted by Gasteiger charge is 2.14. The Kier molecular flexibility index (Phi) is 8.18. The molecular formula is C18H27FN4O2. The molecule has 7 heteroatoms. The Morgan fingerprint density at radius 3 is 2.88 bits per heavy atom. The minimum Gasteiger partial charge on any atom is -0.376 e. The summed E-state index contributed by atoms with van der Waals surface area (Å²) in [5, 5.41) is 9.17. The van der Waals surface area contributed by atoms with Crippen LogP contribution in [0.1, 0.15) is 25.3 Å². The number of ether oxygens (including phenoxy) is 1. The Labute approximate surface area is 148 Å². The number of nitrogens with zero attached hydrogens (tertiary/aromatic N) is 1. The normalized spacial score (nSPS) is 17.4. The van der Waals surface area contributed by atoms with Crippen molar-refractivity contribution in [1.82, 2.24) is 16.0 Å². The average Bonchev–Trinajstić information content (AvgIpc) is 3.10. The van der Waals surface area contributed by atoms with E-state index in [9.17, 15) is 9.18 Å². The van der Waals surface area contributed by atoms with E-state index in [1.54, 1.807) is 12.1 Å². The fourth-order valence-corrected chi connectivity index (χ4v) is 2.60. The lowest BCUT2D eigenvalue weighted by molar-refractivity contribution is -0.120.